The van der Waals surface area contributed by atoms with Crippen molar-refractivity contribution in [2.45, 2.75) is 62.5 Å². The molecular weight excluding hydrogens is 284 g/mol. The van der Waals surface area contributed by atoms with Gasteiger partial charge in [-0.2, -0.15) is 0 Å². The van der Waals surface area contributed by atoms with E-state index in [1.807, 2.05) is 0 Å². The minimum atomic E-state index is -0.185. The van der Waals surface area contributed by atoms with E-state index in [1.165, 1.54) is 43.4 Å². The summed E-state index contributed by atoms with van der Waals surface area (Å²) < 4.78 is 0. The van der Waals surface area contributed by atoms with Gasteiger partial charge in [0.1, 0.15) is 0 Å². The van der Waals surface area contributed by atoms with Crippen molar-refractivity contribution in [2.75, 3.05) is 19.6 Å². The second-order valence-electron chi connectivity index (χ2n) is 8.11. The fraction of sp³-hybridized carbons (Fsp3) is 0.700. The maximum absolute atomic E-state index is 10.7. The SMILES string of the molecule is NC1CCC(CN2CCC3(CC2)c2ccccc2C[C@@H]3O)CC1. The van der Waals surface area contributed by atoms with Crippen molar-refractivity contribution in [3.8, 4) is 0 Å². The van der Waals surface area contributed by atoms with Gasteiger partial charge in [0.15, 0.2) is 0 Å². The van der Waals surface area contributed by atoms with E-state index in [0.29, 0.717) is 6.04 Å². The molecule has 1 heterocycles. The van der Waals surface area contributed by atoms with Crippen LogP contribution in [0.5, 0.6) is 0 Å². The van der Waals surface area contributed by atoms with Gasteiger partial charge < -0.3 is 15.7 Å². The van der Waals surface area contributed by atoms with E-state index in [0.717, 1.165) is 38.3 Å². The van der Waals surface area contributed by atoms with E-state index in [9.17, 15) is 5.11 Å². The van der Waals surface area contributed by atoms with Crippen LogP contribution in [0.25, 0.3) is 0 Å². The minimum absolute atomic E-state index is 0.0298. The van der Waals surface area contributed by atoms with E-state index >= 15 is 0 Å². The van der Waals surface area contributed by atoms with Crippen molar-refractivity contribution >= 4 is 0 Å². The first-order valence-electron chi connectivity index (χ1n) is 9.42. The van der Waals surface area contributed by atoms with Crippen LogP contribution in [0.2, 0.25) is 0 Å². The Kier molecular flexibility index (Phi) is 4.21. The zero-order chi connectivity index (χ0) is 15.9. The molecule has 1 spiro atoms. The van der Waals surface area contributed by atoms with Crippen molar-refractivity contribution in [1.82, 2.24) is 4.90 Å². The summed E-state index contributed by atoms with van der Waals surface area (Å²) in [6, 6.07) is 9.14. The number of likely N-dealkylation sites (tertiary alicyclic amines) is 1. The second-order valence-corrected chi connectivity index (χ2v) is 8.11. The summed E-state index contributed by atoms with van der Waals surface area (Å²) >= 11 is 0. The summed E-state index contributed by atoms with van der Waals surface area (Å²) in [5.74, 6) is 0.838. The second kappa shape index (κ2) is 6.19. The number of hydrogen-bond donors (Lipinski definition) is 2. The molecule has 1 saturated heterocycles. The Hall–Kier alpha value is -0.900. The molecule has 0 bridgehead atoms. The molecular formula is C20H30N2O. The Balaban J connectivity index is 1.39. The molecule has 0 unspecified atom stereocenters. The quantitative estimate of drug-likeness (QED) is 0.881. The van der Waals surface area contributed by atoms with Gasteiger partial charge in [0.05, 0.1) is 6.10 Å². The molecule has 1 saturated carbocycles. The zero-order valence-corrected chi connectivity index (χ0v) is 14.1. The van der Waals surface area contributed by atoms with Crippen LogP contribution in [-0.2, 0) is 11.8 Å². The Labute approximate surface area is 139 Å². The molecule has 4 rings (SSSR count). The highest BCUT2D eigenvalue weighted by Crippen LogP contribution is 2.46. The molecule has 3 aliphatic rings. The molecule has 3 heteroatoms. The first kappa shape index (κ1) is 15.6. The fourth-order valence-electron chi connectivity index (χ4n) is 5.24. The molecule has 3 N–H and O–H groups in total. The molecule has 0 amide bonds. The molecule has 2 fully saturated rings. The highest BCUT2D eigenvalue weighted by atomic mass is 16.3. The number of benzene rings is 1. The smallest absolute Gasteiger partial charge is 0.0678 e. The minimum Gasteiger partial charge on any atom is -0.392 e. The van der Waals surface area contributed by atoms with Crippen molar-refractivity contribution in [3.05, 3.63) is 35.4 Å². The first-order valence-corrected chi connectivity index (χ1v) is 9.42. The van der Waals surface area contributed by atoms with Crippen LogP contribution < -0.4 is 5.73 Å². The largest absolute Gasteiger partial charge is 0.392 e. The molecule has 126 valence electrons. The van der Waals surface area contributed by atoms with Gasteiger partial charge in [0.2, 0.25) is 0 Å². The molecule has 0 radical (unpaired) electrons. The van der Waals surface area contributed by atoms with Crippen molar-refractivity contribution in [3.63, 3.8) is 0 Å². The molecule has 1 aliphatic heterocycles. The summed E-state index contributed by atoms with van der Waals surface area (Å²) in [5, 5.41) is 10.7. The lowest BCUT2D eigenvalue weighted by molar-refractivity contribution is 0.0371. The predicted molar refractivity (Wildman–Crippen MR) is 93.4 cm³/mol. The Morgan fingerprint density at radius 3 is 2.52 bits per heavy atom. The van der Waals surface area contributed by atoms with E-state index < -0.39 is 0 Å². The van der Waals surface area contributed by atoms with Crippen molar-refractivity contribution in [1.29, 1.82) is 0 Å². The number of rotatable bonds is 2. The number of piperidine rings is 1. The molecule has 3 nitrogen and oxygen atoms in total. The van der Waals surface area contributed by atoms with Crippen molar-refractivity contribution in [2.24, 2.45) is 11.7 Å². The number of nitrogens with zero attached hydrogens (tertiary/aromatic N) is 1. The molecule has 2 aliphatic carbocycles. The lowest BCUT2D eigenvalue weighted by Gasteiger charge is -2.43. The number of aliphatic hydroxyl groups excluding tert-OH is 1. The van der Waals surface area contributed by atoms with Gasteiger partial charge in [0, 0.05) is 18.0 Å². The molecule has 23 heavy (non-hydrogen) atoms. The average molecular weight is 314 g/mol. The highest BCUT2D eigenvalue weighted by Gasteiger charge is 2.47. The van der Waals surface area contributed by atoms with Crippen LogP contribution in [0.15, 0.2) is 24.3 Å². The van der Waals surface area contributed by atoms with Crippen LogP contribution in [0.4, 0.5) is 0 Å². The lowest BCUT2D eigenvalue weighted by atomic mass is 9.72. The summed E-state index contributed by atoms with van der Waals surface area (Å²) in [6.07, 6.45) is 7.88. The average Bonchev–Trinajstić information content (AvgIpc) is 2.84. The normalized spacial score (nSPS) is 33.7. The van der Waals surface area contributed by atoms with Gasteiger partial charge in [-0.25, -0.2) is 0 Å². The summed E-state index contributed by atoms with van der Waals surface area (Å²) in [6.45, 7) is 3.50. The van der Waals surface area contributed by atoms with E-state index in [1.54, 1.807) is 0 Å². The summed E-state index contributed by atoms with van der Waals surface area (Å²) in [5.41, 5.74) is 8.85. The standard InChI is InChI=1S/C20H30N2O/c21-17-7-5-15(6-8-17)14-22-11-9-20(10-12-22)18-4-2-1-3-16(18)13-19(20)23/h1-4,15,17,19,23H,5-14,21H2/t15?,17?,19-/m0/s1. The highest BCUT2D eigenvalue weighted by molar-refractivity contribution is 5.42. The van der Waals surface area contributed by atoms with Crippen LogP contribution in [0.1, 0.15) is 49.7 Å². The third-order valence-electron chi connectivity index (χ3n) is 6.76. The summed E-state index contributed by atoms with van der Waals surface area (Å²) in [7, 11) is 0. The topological polar surface area (TPSA) is 49.5 Å². The Morgan fingerprint density at radius 1 is 1.09 bits per heavy atom. The molecule has 1 atom stereocenters. The molecule has 0 aromatic heterocycles. The third-order valence-corrected chi connectivity index (χ3v) is 6.76. The predicted octanol–water partition coefficient (Wildman–Crippen LogP) is 2.45. The number of nitrogens with two attached hydrogens (primary N) is 1. The van der Waals surface area contributed by atoms with Crippen molar-refractivity contribution < 1.29 is 5.11 Å². The lowest BCUT2D eigenvalue weighted by Crippen LogP contribution is -2.48. The first-order chi connectivity index (χ1) is 11.2. The van der Waals surface area contributed by atoms with Crippen LogP contribution in [0.3, 0.4) is 0 Å². The fourth-order valence-corrected chi connectivity index (χ4v) is 5.24. The van der Waals surface area contributed by atoms with Crippen LogP contribution in [0, 0.1) is 5.92 Å². The van der Waals surface area contributed by atoms with Gasteiger partial charge in [-0.1, -0.05) is 24.3 Å². The van der Waals surface area contributed by atoms with E-state index in [4.69, 9.17) is 5.73 Å². The maximum Gasteiger partial charge on any atom is 0.0678 e. The summed E-state index contributed by atoms with van der Waals surface area (Å²) in [4.78, 5) is 2.64. The monoisotopic (exact) mass is 314 g/mol. The Morgan fingerprint density at radius 2 is 1.78 bits per heavy atom. The maximum atomic E-state index is 10.7. The molecule has 1 aromatic rings. The van der Waals surface area contributed by atoms with Crippen LogP contribution in [-0.4, -0.2) is 41.8 Å². The number of aliphatic hydroxyl groups is 1. The third kappa shape index (κ3) is 2.84. The van der Waals surface area contributed by atoms with Gasteiger partial charge in [-0.3, -0.25) is 0 Å². The zero-order valence-electron chi connectivity index (χ0n) is 14.1. The van der Waals surface area contributed by atoms with E-state index in [2.05, 4.69) is 29.2 Å². The van der Waals surface area contributed by atoms with Gasteiger partial charge in [-0.15, -0.1) is 0 Å². The van der Waals surface area contributed by atoms with Gasteiger partial charge >= 0.3 is 0 Å². The van der Waals surface area contributed by atoms with E-state index in [-0.39, 0.29) is 11.5 Å². The number of hydrogen-bond acceptors (Lipinski definition) is 3. The molecule has 1 aromatic carbocycles. The number of fused-ring (bicyclic) bond motifs is 2. The van der Waals surface area contributed by atoms with Gasteiger partial charge in [0.25, 0.3) is 0 Å². The Bertz CT molecular complexity index is 542. The van der Waals surface area contributed by atoms with Crippen LogP contribution >= 0.6 is 0 Å². The van der Waals surface area contributed by atoms with Gasteiger partial charge in [-0.05, 0) is 75.1 Å².